The maximum atomic E-state index is 9.72. The van der Waals surface area contributed by atoms with Crippen molar-refractivity contribution in [2.45, 2.75) is 48.6 Å². The summed E-state index contributed by atoms with van der Waals surface area (Å²) in [6, 6.07) is 6.09. The standard InChI is InChI=1S/C16H21ClIO3/c1-3-16(4-2)20-13(9-19)15(21-16)14-10(12-8-18-12)6-5-7-11(14)17/h5-7,12-13,15,19H,3-4,8-9H2,1-2H3/q-1/t12?,13-,15+/m0/s1. The molecule has 2 fully saturated rings. The van der Waals surface area contributed by atoms with Crippen LogP contribution in [0.15, 0.2) is 18.2 Å². The van der Waals surface area contributed by atoms with E-state index in [4.69, 9.17) is 21.1 Å². The van der Waals surface area contributed by atoms with Crippen LogP contribution in [0, 0.1) is 0 Å². The second-order valence-corrected chi connectivity index (χ2v) is 9.19. The Morgan fingerprint density at radius 2 is 2.05 bits per heavy atom. The number of aliphatic hydroxyl groups excluding tert-OH is 1. The number of hydrogen-bond donors (Lipinski definition) is 1. The number of rotatable bonds is 5. The van der Waals surface area contributed by atoms with Crippen molar-refractivity contribution in [1.29, 1.82) is 0 Å². The van der Waals surface area contributed by atoms with Crippen molar-refractivity contribution in [3.8, 4) is 0 Å². The Bertz CT molecular complexity index is 514. The van der Waals surface area contributed by atoms with Crippen LogP contribution in [0.5, 0.6) is 0 Å². The fourth-order valence-electron chi connectivity index (χ4n) is 2.97. The molecule has 1 aromatic carbocycles. The molecule has 0 amide bonds. The van der Waals surface area contributed by atoms with Gasteiger partial charge in [0.1, 0.15) is 0 Å². The van der Waals surface area contributed by atoms with Gasteiger partial charge in [0.05, 0.1) is 0 Å². The zero-order valence-corrected chi connectivity index (χ0v) is 15.2. The second-order valence-electron chi connectivity index (χ2n) is 5.51. The Balaban J connectivity index is 1.99. The van der Waals surface area contributed by atoms with Gasteiger partial charge in [-0.3, -0.25) is 0 Å². The quantitative estimate of drug-likeness (QED) is 0.552. The molecule has 5 heteroatoms. The summed E-state index contributed by atoms with van der Waals surface area (Å²) in [6.07, 6.45) is 0.947. The molecule has 2 saturated heterocycles. The molecule has 3 rings (SSSR count). The molecule has 0 aromatic heterocycles. The van der Waals surface area contributed by atoms with E-state index in [1.165, 1.54) is 9.99 Å². The zero-order valence-electron chi connectivity index (χ0n) is 12.3. The van der Waals surface area contributed by atoms with E-state index in [2.05, 4.69) is 19.9 Å². The molecule has 1 unspecified atom stereocenters. The summed E-state index contributed by atoms with van der Waals surface area (Å²) in [4.78, 5) is 0. The van der Waals surface area contributed by atoms with Crippen LogP contribution in [0.25, 0.3) is 0 Å². The fourth-order valence-corrected chi connectivity index (χ4v) is 5.01. The van der Waals surface area contributed by atoms with Crippen LogP contribution in [0.4, 0.5) is 0 Å². The Morgan fingerprint density at radius 1 is 1.33 bits per heavy atom. The average molecular weight is 424 g/mol. The van der Waals surface area contributed by atoms with E-state index in [0.717, 1.165) is 23.4 Å². The van der Waals surface area contributed by atoms with Gasteiger partial charge in [-0.2, -0.15) is 0 Å². The second kappa shape index (κ2) is 6.32. The summed E-state index contributed by atoms with van der Waals surface area (Å²) in [7, 11) is 0. The van der Waals surface area contributed by atoms with Gasteiger partial charge >= 0.3 is 141 Å². The molecule has 0 saturated carbocycles. The molecule has 0 spiro atoms. The Kier molecular flexibility index (Phi) is 4.81. The van der Waals surface area contributed by atoms with Crippen molar-refractivity contribution >= 4 is 11.6 Å². The zero-order chi connectivity index (χ0) is 15.0. The van der Waals surface area contributed by atoms with E-state index in [1.54, 1.807) is 0 Å². The SMILES string of the molecule is CCC1(CC)O[C@@H](CO)[C@H](c2c(Cl)cccc2C2C[I-]2)O1. The van der Waals surface area contributed by atoms with Crippen molar-refractivity contribution in [2.75, 3.05) is 11.0 Å². The van der Waals surface area contributed by atoms with E-state index in [0.29, 0.717) is 3.92 Å². The maximum absolute atomic E-state index is 9.72. The topological polar surface area (TPSA) is 38.7 Å². The summed E-state index contributed by atoms with van der Waals surface area (Å²) < 4.78 is 14.3. The predicted molar refractivity (Wildman–Crippen MR) is 78.2 cm³/mol. The van der Waals surface area contributed by atoms with E-state index in [-0.39, 0.29) is 40.0 Å². The number of alkyl halides is 2. The van der Waals surface area contributed by atoms with Crippen LogP contribution in [0.1, 0.15) is 47.8 Å². The van der Waals surface area contributed by atoms with Gasteiger partial charge in [-0.1, -0.05) is 0 Å². The Labute approximate surface area is 141 Å². The van der Waals surface area contributed by atoms with Crippen molar-refractivity contribution < 1.29 is 35.8 Å². The van der Waals surface area contributed by atoms with Crippen molar-refractivity contribution in [2.24, 2.45) is 0 Å². The monoisotopic (exact) mass is 423 g/mol. The van der Waals surface area contributed by atoms with E-state index < -0.39 is 5.79 Å². The van der Waals surface area contributed by atoms with Crippen LogP contribution in [-0.2, 0) is 9.47 Å². The van der Waals surface area contributed by atoms with E-state index in [9.17, 15) is 5.11 Å². The summed E-state index contributed by atoms with van der Waals surface area (Å²) in [5.41, 5.74) is 2.36. The molecule has 118 valence electrons. The molecular formula is C16H21ClIO3-. The third-order valence-electron chi connectivity index (χ3n) is 4.32. The first kappa shape index (κ1) is 16.0. The molecule has 3 atom stereocenters. The molecule has 2 aliphatic heterocycles. The first-order chi connectivity index (χ1) is 10.1. The molecule has 0 radical (unpaired) electrons. The van der Waals surface area contributed by atoms with Crippen molar-refractivity contribution in [1.82, 2.24) is 0 Å². The number of benzene rings is 1. The Morgan fingerprint density at radius 3 is 2.62 bits per heavy atom. The van der Waals surface area contributed by atoms with Crippen LogP contribution in [0.2, 0.25) is 5.02 Å². The van der Waals surface area contributed by atoms with Crippen LogP contribution in [0.3, 0.4) is 0 Å². The molecule has 1 N–H and O–H groups in total. The summed E-state index contributed by atoms with van der Waals surface area (Å²) in [6.45, 7) is 4.07. The minimum absolute atomic E-state index is 0.0448. The Hall–Kier alpha value is 0.120. The number of aliphatic hydroxyl groups is 1. The summed E-state index contributed by atoms with van der Waals surface area (Å²) in [5.74, 6) is -0.590. The molecular weight excluding hydrogens is 403 g/mol. The van der Waals surface area contributed by atoms with Crippen LogP contribution in [-0.4, -0.2) is 28.0 Å². The minimum atomic E-state index is -0.590. The van der Waals surface area contributed by atoms with Gasteiger partial charge < -0.3 is 0 Å². The van der Waals surface area contributed by atoms with Gasteiger partial charge in [-0.25, -0.2) is 0 Å². The molecule has 1 aromatic rings. The summed E-state index contributed by atoms with van der Waals surface area (Å²) in [5, 5.41) is 10.5. The fraction of sp³-hybridized carbons (Fsp3) is 0.625. The van der Waals surface area contributed by atoms with Gasteiger partial charge in [0.25, 0.3) is 0 Å². The predicted octanol–water partition coefficient (Wildman–Crippen LogP) is 0.449. The third-order valence-corrected chi connectivity index (χ3v) is 7.08. The number of ether oxygens (including phenoxy) is 2. The third kappa shape index (κ3) is 2.98. The van der Waals surface area contributed by atoms with E-state index in [1.807, 2.05) is 12.1 Å². The molecule has 2 heterocycles. The number of halogens is 2. The number of hydrogen-bond acceptors (Lipinski definition) is 3. The first-order valence-corrected chi connectivity index (χ1v) is 10.6. The van der Waals surface area contributed by atoms with Gasteiger partial charge in [0, 0.05) is 0 Å². The first-order valence-electron chi connectivity index (χ1n) is 7.46. The van der Waals surface area contributed by atoms with E-state index >= 15 is 0 Å². The van der Waals surface area contributed by atoms with Crippen molar-refractivity contribution in [3.05, 3.63) is 34.3 Å². The average Bonchev–Trinajstić information content (AvgIpc) is 3.28. The molecule has 0 aliphatic carbocycles. The van der Waals surface area contributed by atoms with Gasteiger partial charge in [0.15, 0.2) is 0 Å². The molecule has 21 heavy (non-hydrogen) atoms. The van der Waals surface area contributed by atoms with Crippen LogP contribution >= 0.6 is 11.6 Å². The van der Waals surface area contributed by atoms with Gasteiger partial charge in [0.2, 0.25) is 0 Å². The normalized spacial score (nSPS) is 31.0. The van der Waals surface area contributed by atoms with Crippen molar-refractivity contribution in [3.63, 3.8) is 0 Å². The summed E-state index contributed by atoms with van der Waals surface area (Å²) >= 11 is 6.76. The molecule has 0 bridgehead atoms. The van der Waals surface area contributed by atoms with Crippen LogP contribution < -0.4 is 21.2 Å². The molecule has 3 nitrogen and oxygen atoms in total. The van der Waals surface area contributed by atoms with Gasteiger partial charge in [-0.15, -0.1) is 0 Å². The van der Waals surface area contributed by atoms with Gasteiger partial charge in [-0.05, 0) is 0 Å². The molecule has 2 aliphatic rings.